The van der Waals surface area contributed by atoms with Gasteiger partial charge in [0.15, 0.2) is 4.91 Å². The van der Waals surface area contributed by atoms with Crippen LogP contribution in [-0.2, 0) is 21.2 Å². The summed E-state index contributed by atoms with van der Waals surface area (Å²) in [7, 11) is -3.85. The molecule has 0 atom stereocenters. The molecule has 0 spiro atoms. The SMILES string of the molecule is NCc1ccc2c(c1)C=C(C(=O)O)S2(=O)=O. The molecule has 0 radical (unpaired) electrons. The molecule has 0 aliphatic carbocycles. The predicted octanol–water partition coefficient (Wildman–Crippen LogP) is 0.358. The monoisotopic (exact) mass is 239 g/mol. The number of aliphatic carboxylic acids is 1. The lowest BCUT2D eigenvalue weighted by molar-refractivity contribution is -0.131. The standard InChI is InChI=1S/C10H9NO4S/c11-5-6-1-2-8-7(3-6)4-9(10(12)13)16(8,14)15/h1-4H,5,11H2,(H,12,13). The Balaban J connectivity index is 2.67. The summed E-state index contributed by atoms with van der Waals surface area (Å²) in [5, 5.41) is 8.78. The van der Waals surface area contributed by atoms with Gasteiger partial charge in [0, 0.05) is 6.54 Å². The van der Waals surface area contributed by atoms with E-state index in [1.165, 1.54) is 6.07 Å². The normalized spacial score (nSPS) is 16.7. The lowest BCUT2D eigenvalue weighted by Crippen LogP contribution is -2.09. The van der Waals surface area contributed by atoms with Crippen LogP contribution in [0.25, 0.3) is 6.08 Å². The van der Waals surface area contributed by atoms with Gasteiger partial charge in [0.1, 0.15) is 0 Å². The molecule has 1 heterocycles. The Morgan fingerprint density at radius 3 is 2.62 bits per heavy atom. The second kappa shape index (κ2) is 3.43. The van der Waals surface area contributed by atoms with Crippen LogP contribution in [0.4, 0.5) is 0 Å². The summed E-state index contributed by atoms with van der Waals surface area (Å²) in [6.45, 7) is 0.281. The molecular weight excluding hydrogens is 230 g/mol. The summed E-state index contributed by atoms with van der Waals surface area (Å²) in [6, 6.07) is 4.55. The van der Waals surface area contributed by atoms with Gasteiger partial charge in [0.05, 0.1) is 4.90 Å². The van der Waals surface area contributed by atoms with E-state index in [2.05, 4.69) is 0 Å². The summed E-state index contributed by atoms with van der Waals surface area (Å²) < 4.78 is 23.5. The van der Waals surface area contributed by atoms with Crippen molar-refractivity contribution < 1.29 is 18.3 Å². The number of carboxylic acids is 1. The van der Waals surface area contributed by atoms with Crippen LogP contribution in [-0.4, -0.2) is 19.5 Å². The third-order valence-corrected chi connectivity index (χ3v) is 4.21. The van der Waals surface area contributed by atoms with Crippen molar-refractivity contribution in [2.24, 2.45) is 5.73 Å². The Morgan fingerprint density at radius 1 is 1.38 bits per heavy atom. The van der Waals surface area contributed by atoms with Crippen LogP contribution in [0.15, 0.2) is 28.0 Å². The molecule has 6 heteroatoms. The van der Waals surface area contributed by atoms with Gasteiger partial charge in [-0.25, -0.2) is 13.2 Å². The van der Waals surface area contributed by atoms with Gasteiger partial charge in [0.2, 0.25) is 9.84 Å². The number of hydrogen-bond acceptors (Lipinski definition) is 4. The van der Waals surface area contributed by atoms with E-state index in [1.54, 1.807) is 12.1 Å². The van der Waals surface area contributed by atoms with Crippen molar-refractivity contribution >= 4 is 21.9 Å². The van der Waals surface area contributed by atoms with E-state index in [4.69, 9.17) is 10.8 Å². The van der Waals surface area contributed by atoms with E-state index >= 15 is 0 Å². The Morgan fingerprint density at radius 2 is 2.06 bits per heavy atom. The Kier molecular flexibility index (Phi) is 2.32. The second-order valence-electron chi connectivity index (χ2n) is 3.39. The van der Waals surface area contributed by atoms with Crippen LogP contribution in [0.1, 0.15) is 11.1 Å². The van der Waals surface area contributed by atoms with Crippen LogP contribution in [0.2, 0.25) is 0 Å². The van der Waals surface area contributed by atoms with Gasteiger partial charge in [-0.2, -0.15) is 0 Å². The molecule has 5 nitrogen and oxygen atoms in total. The molecule has 1 aromatic carbocycles. The van der Waals surface area contributed by atoms with Crippen molar-refractivity contribution in [1.29, 1.82) is 0 Å². The first-order chi connectivity index (χ1) is 7.46. The third kappa shape index (κ3) is 1.43. The number of carboxylic acid groups (broad SMARTS) is 1. The molecular formula is C10H9NO4S. The molecule has 1 aromatic rings. The van der Waals surface area contributed by atoms with Crippen LogP contribution in [0.5, 0.6) is 0 Å². The van der Waals surface area contributed by atoms with Gasteiger partial charge >= 0.3 is 5.97 Å². The smallest absolute Gasteiger partial charge is 0.347 e. The zero-order chi connectivity index (χ0) is 11.9. The summed E-state index contributed by atoms with van der Waals surface area (Å²) in [4.78, 5) is 10.2. The van der Waals surface area contributed by atoms with Gasteiger partial charge in [0.25, 0.3) is 0 Å². The first-order valence-corrected chi connectivity index (χ1v) is 5.98. The fourth-order valence-electron chi connectivity index (χ4n) is 1.60. The molecule has 0 fully saturated rings. The average Bonchev–Trinajstić information content (AvgIpc) is 2.50. The fourth-order valence-corrected chi connectivity index (χ4v) is 3.02. The van der Waals surface area contributed by atoms with Crippen molar-refractivity contribution in [1.82, 2.24) is 0 Å². The van der Waals surface area contributed by atoms with Gasteiger partial charge in [-0.1, -0.05) is 6.07 Å². The van der Waals surface area contributed by atoms with Crippen LogP contribution in [0.3, 0.4) is 0 Å². The number of fused-ring (bicyclic) bond motifs is 1. The van der Waals surface area contributed by atoms with Crippen molar-refractivity contribution in [3.63, 3.8) is 0 Å². The molecule has 84 valence electrons. The highest BCUT2D eigenvalue weighted by molar-refractivity contribution is 7.96. The molecule has 1 aliphatic rings. The highest BCUT2D eigenvalue weighted by Gasteiger charge is 2.34. The summed E-state index contributed by atoms with van der Waals surface area (Å²) in [6.07, 6.45) is 1.16. The number of carbonyl (C=O) groups is 1. The molecule has 2 rings (SSSR count). The number of nitrogens with two attached hydrogens (primary N) is 1. The average molecular weight is 239 g/mol. The number of sulfone groups is 1. The highest BCUT2D eigenvalue weighted by atomic mass is 32.2. The number of hydrogen-bond donors (Lipinski definition) is 2. The largest absolute Gasteiger partial charge is 0.477 e. The molecule has 0 unspecified atom stereocenters. The van der Waals surface area contributed by atoms with E-state index in [0.717, 1.165) is 11.6 Å². The highest BCUT2D eigenvalue weighted by Crippen LogP contribution is 2.33. The maximum atomic E-state index is 11.7. The minimum absolute atomic E-state index is 0.0297. The zero-order valence-electron chi connectivity index (χ0n) is 8.17. The molecule has 3 N–H and O–H groups in total. The minimum atomic E-state index is -3.85. The van der Waals surface area contributed by atoms with Crippen LogP contribution < -0.4 is 5.73 Å². The van der Waals surface area contributed by atoms with Crippen LogP contribution >= 0.6 is 0 Å². The van der Waals surface area contributed by atoms with Crippen LogP contribution in [0, 0.1) is 0 Å². The van der Waals surface area contributed by atoms with E-state index < -0.39 is 20.7 Å². The maximum absolute atomic E-state index is 11.7. The van der Waals surface area contributed by atoms with Crippen molar-refractivity contribution in [3.8, 4) is 0 Å². The second-order valence-corrected chi connectivity index (χ2v) is 5.28. The zero-order valence-corrected chi connectivity index (χ0v) is 8.99. The molecule has 0 saturated carbocycles. The molecule has 1 aliphatic heterocycles. The van der Waals surface area contributed by atoms with Gasteiger partial charge < -0.3 is 10.8 Å². The summed E-state index contributed by atoms with van der Waals surface area (Å²) in [5.74, 6) is -1.44. The van der Waals surface area contributed by atoms with E-state index in [1.807, 2.05) is 0 Å². The number of benzene rings is 1. The van der Waals surface area contributed by atoms with Gasteiger partial charge in [-0.15, -0.1) is 0 Å². The summed E-state index contributed by atoms with van der Waals surface area (Å²) in [5.41, 5.74) is 6.57. The Labute approximate surface area is 92.1 Å². The molecule has 0 bridgehead atoms. The minimum Gasteiger partial charge on any atom is -0.477 e. The maximum Gasteiger partial charge on any atom is 0.347 e. The quantitative estimate of drug-likeness (QED) is 0.776. The Hall–Kier alpha value is -1.66. The van der Waals surface area contributed by atoms with Gasteiger partial charge in [-0.05, 0) is 29.3 Å². The van der Waals surface area contributed by atoms with E-state index in [9.17, 15) is 13.2 Å². The fraction of sp³-hybridized carbons (Fsp3) is 0.100. The van der Waals surface area contributed by atoms with E-state index in [-0.39, 0.29) is 11.4 Å². The summed E-state index contributed by atoms with van der Waals surface area (Å²) >= 11 is 0. The van der Waals surface area contributed by atoms with Crippen molar-refractivity contribution in [2.45, 2.75) is 11.4 Å². The lowest BCUT2D eigenvalue weighted by atomic mass is 10.1. The first kappa shape index (κ1) is 10.8. The van der Waals surface area contributed by atoms with Crippen molar-refractivity contribution in [2.75, 3.05) is 0 Å². The third-order valence-electron chi connectivity index (χ3n) is 2.39. The lowest BCUT2D eigenvalue weighted by Gasteiger charge is -2.01. The van der Waals surface area contributed by atoms with Gasteiger partial charge in [-0.3, -0.25) is 0 Å². The molecule has 0 saturated heterocycles. The van der Waals surface area contributed by atoms with Crippen molar-refractivity contribution in [3.05, 3.63) is 34.2 Å². The first-order valence-electron chi connectivity index (χ1n) is 4.50. The molecule has 0 aromatic heterocycles. The predicted molar refractivity (Wildman–Crippen MR) is 57.1 cm³/mol. The van der Waals surface area contributed by atoms with E-state index in [0.29, 0.717) is 5.56 Å². The Bertz CT molecular complexity index is 601. The topological polar surface area (TPSA) is 97.5 Å². The molecule has 0 amide bonds. The number of rotatable bonds is 2. The molecule has 16 heavy (non-hydrogen) atoms.